The third kappa shape index (κ3) is 7.82. The molecular formula is C9H21NO. The molecule has 2 nitrogen and oxygen atoms in total. The number of hydrogen-bond acceptors (Lipinski definition) is 2. The summed E-state index contributed by atoms with van der Waals surface area (Å²) in [6, 6.07) is 0. The van der Waals surface area contributed by atoms with Crippen LogP contribution in [0.2, 0.25) is 0 Å². The largest absolute Gasteiger partial charge is 0.393 e. The quantitative estimate of drug-likeness (QED) is 0.555. The molecule has 0 amide bonds. The monoisotopic (exact) mass is 159 g/mol. The lowest BCUT2D eigenvalue weighted by atomic mass is 10.1. The van der Waals surface area contributed by atoms with E-state index < -0.39 is 0 Å². The van der Waals surface area contributed by atoms with Crippen LogP contribution in [0.4, 0.5) is 0 Å². The fourth-order valence-electron chi connectivity index (χ4n) is 1.14. The van der Waals surface area contributed by atoms with E-state index in [0.717, 1.165) is 19.3 Å². The van der Waals surface area contributed by atoms with Gasteiger partial charge in [0.2, 0.25) is 0 Å². The van der Waals surface area contributed by atoms with E-state index in [1.165, 1.54) is 19.3 Å². The summed E-state index contributed by atoms with van der Waals surface area (Å²) in [5.41, 5.74) is 5.30. The van der Waals surface area contributed by atoms with Crippen LogP contribution >= 0.6 is 0 Å². The van der Waals surface area contributed by atoms with E-state index in [-0.39, 0.29) is 6.10 Å². The maximum atomic E-state index is 9.27. The van der Waals surface area contributed by atoms with Crippen molar-refractivity contribution in [3.63, 3.8) is 0 Å². The van der Waals surface area contributed by atoms with Crippen molar-refractivity contribution >= 4 is 0 Å². The average molecular weight is 159 g/mol. The van der Waals surface area contributed by atoms with Gasteiger partial charge in [-0.15, -0.1) is 0 Å². The molecule has 0 aromatic carbocycles. The molecule has 0 spiro atoms. The first-order valence-electron chi connectivity index (χ1n) is 4.69. The summed E-state index contributed by atoms with van der Waals surface area (Å²) in [5.74, 6) is 0. The minimum absolute atomic E-state index is 0.156. The Balaban J connectivity index is 2.97. The van der Waals surface area contributed by atoms with Crippen molar-refractivity contribution in [3.05, 3.63) is 0 Å². The summed E-state index contributed by atoms with van der Waals surface area (Å²) >= 11 is 0. The standard InChI is InChI=1S/C9H21NO/c1-2-3-4-5-6-9(11)7-8-10/h9,11H,2-8,10H2,1H3. The van der Waals surface area contributed by atoms with Crippen molar-refractivity contribution in [1.29, 1.82) is 0 Å². The van der Waals surface area contributed by atoms with Crippen LogP contribution < -0.4 is 5.73 Å². The highest BCUT2D eigenvalue weighted by atomic mass is 16.3. The van der Waals surface area contributed by atoms with Gasteiger partial charge in [0.1, 0.15) is 0 Å². The molecule has 1 unspecified atom stereocenters. The van der Waals surface area contributed by atoms with Crippen LogP contribution in [0.5, 0.6) is 0 Å². The zero-order chi connectivity index (χ0) is 8.53. The second kappa shape index (κ2) is 8.02. The maximum Gasteiger partial charge on any atom is 0.0552 e. The molecule has 11 heavy (non-hydrogen) atoms. The number of nitrogens with two attached hydrogens (primary N) is 1. The molecule has 0 radical (unpaired) electrons. The molecule has 0 aromatic rings. The molecule has 0 saturated carbocycles. The Morgan fingerprint density at radius 2 is 1.91 bits per heavy atom. The van der Waals surface area contributed by atoms with Gasteiger partial charge in [-0.2, -0.15) is 0 Å². The third-order valence-electron chi connectivity index (χ3n) is 1.89. The lowest BCUT2D eigenvalue weighted by Crippen LogP contribution is -2.12. The maximum absolute atomic E-state index is 9.27. The minimum atomic E-state index is -0.156. The number of aliphatic hydroxyl groups is 1. The average Bonchev–Trinajstić information content (AvgIpc) is 1.99. The second-order valence-corrected chi connectivity index (χ2v) is 3.08. The van der Waals surface area contributed by atoms with Gasteiger partial charge in [-0.25, -0.2) is 0 Å². The molecule has 0 rings (SSSR count). The molecule has 0 fully saturated rings. The molecule has 0 aliphatic carbocycles. The fraction of sp³-hybridized carbons (Fsp3) is 1.00. The zero-order valence-corrected chi connectivity index (χ0v) is 7.55. The summed E-state index contributed by atoms with van der Waals surface area (Å²) in [7, 11) is 0. The van der Waals surface area contributed by atoms with Crippen molar-refractivity contribution in [2.24, 2.45) is 5.73 Å². The molecule has 3 N–H and O–H groups in total. The lowest BCUT2D eigenvalue weighted by Gasteiger charge is -2.07. The molecular weight excluding hydrogens is 138 g/mol. The van der Waals surface area contributed by atoms with E-state index in [2.05, 4.69) is 6.92 Å². The van der Waals surface area contributed by atoms with E-state index in [1.54, 1.807) is 0 Å². The number of unbranched alkanes of at least 4 members (excludes halogenated alkanes) is 3. The van der Waals surface area contributed by atoms with Crippen LogP contribution in [0.1, 0.15) is 45.4 Å². The van der Waals surface area contributed by atoms with Gasteiger partial charge in [-0.3, -0.25) is 0 Å². The molecule has 0 bridgehead atoms. The summed E-state index contributed by atoms with van der Waals surface area (Å²) in [4.78, 5) is 0. The number of aliphatic hydroxyl groups excluding tert-OH is 1. The predicted molar refractivity (Wildman–Crippen MR) is 48.4 cm³/mol. The van der Waals surface area contributed by atoms with E-state index in [0.29, 0.717) is 6.54 Å². The smallest absolute Gasteiger partial charge is 0.0552 e. The molecule has 2 heteroatoms. The van der Waals surface area contributed by atoms with Crippen molar-refractivity contribution in [2.45, 2.75) is 51.6 Å². The Kier molecular flexibility index (Phi) is 7.96. The van der Waals surface area contributed by atoms with Crippen LogP contribution in [0, 0.1) is 0 Å². The molecule has 0 aromatic heterocycles. The molecule has 0 aliphatic heterocycles. The topological polar surface area (TPSA) is 46.2 Å². The van der Waals surface area contributed by atoms with Gasteiger partial charge in [0.25, 0.3) is 0 Å². The van der Waals surface area contributed by atoms with Gasteiger partial charge in [-0.1, -0.05) is 32.6 Å². The van der Waals surface area contributed by atoms with Crippen molar-refractivity contribution in [3.8, 4) is 0 Å². The summed E-state index contributed by atoms with van der Waals surface area (Å²) in [5, 5.41) is 9.27. The van der Waals surface area contributed by atoms with Crippen LogP contribution in [-0.2, 0) is 0 Å². The fourth-order valence-corrected chi connectivity index (χ4v) is 1.14. The van der Waals surface area contributed by atoms with Gasteiger partial charge in [0.15, 0.2) is 0 Å². The molecule has 0 heterocycles. The Bertz CT molecular complexity index is 76.0. The van der Waals surface area contributed by atoms with Crippen LogP contribution in [0.15, 0.2) is 0 Å². The van der Waals surface area contributed by atoms with Gasteiger partial charge >= 0.3 is 0 Å². The van der Waals surface area contributed by atoms with Crippen LogP contribution in [0.3, 0.4) is 0 Å². The normalized spacial score (nSPS) is 13.4. The van der Waals surface area contributed by atoms with E-state index in [4.69, 9.17) is 5.73 Å². The minimum Gasteiger partial charge on any atom is -0.393 e. The highest BCUT2D eigenvalue weighted by molar-refractivity contribution is 4.55. The number of hydrogen-bond donors (Lipinski definition) is 2. The van der Waals surface area contributed by atoms with Gasteiger partial charge in [-0.05, 0) is 19.4 Å². The second-order valence-electron chi connectivity index (χ2n) is 3.08. The SMILES string of the molecule is CCCCCCC(O)CCN. The van der Waals surface area contributed by atoms with Crippen LogP contribution in [0.25, 0.3) is 0 Å². The van der Waals surface area contributed by atoms with Crippen molar-refractivity contribution < 1.29 is 5.11 Å². The van der Waals surface area contributed by atoms with Crippen LogP contribution in [-0.4, -0.2) is 17.8 Å². The Morgan fingerprint density at radius 1 is 1.18 bits per heavy atom. The Hall–Kier alpha value is -0.0800. The summed E-state index contributed by atoms with van der Waals surface area (Å²) in [6.45, 7) is 2.80. The highest BCUT2D eigenvalue weighted by Crippen LogP contribution is 2.06. The zero-order valence-electron chi connectivity index (χ0n) is 7.55. The number of rotatable bonds is 7. The lowest BCUT2D eigenvalue weighted by molar-refractivity contribution is 0.153. The first-order valence-corrected chi connectivity index (χ1v) is 4.69. The van der Waals surface area contributed by atoms with E-state index >= 15 is 0 Å². The van der Waals surface area contributed by atoms with Gasteiger partial charge < -0.3 is 10.8 Å². The Morgan fingerprint density at radius 3 is 2.45 bits per heavy atom. The van der Waals surface area contributed by atoms with Crippen molar-refractivity contribution in [1.82, 2.24) is 0 Å². The van der Waals surface area contributed by atoms with Gasteiger partial charge in [0, 0.05) is 0 Å². The summed E-state index contributed by atoms with van der Waals surface area (Å²) < 4.78 is 0. The first-order chi connectivity index (χ1) is 5.31. The van der Waals surface area contributed by atoms with Gasteiger partial charge in [0.05, 0.1) is 6.10 Å². The van der Waals surface area contributed by atoms with E-state index in [9.17, 15) is 5.11 Å². The van der Waals surface area contributed by atoms with Crippen molar-refractivity contribution in [2.75, 3.05) is 6.54 Å². The Labute approximate surface area is 69.8 Å². The molecule has 0 saturated heterocycles. The third-order valence-corrected chi connectivity index (χ3v) is 1.89. The van der Waals surface area contributed by atoms with E-state index in [1.807, 2.05) is 0 Å². The first kappa shape index (κ1) is 10.9. The molecule has 1 atom stereocenters. The molecule has 0 aliphatic rings. The predicted octanol–water partition coefficient (Wildman–Crippen LogP) is 1.67. The highest BCUT2D eigenvalue weighted by Gasteiger charge is 2.00. The summed E-state index contributed by atoms with van der Waals surface area (Å²) in [6.07, 6.45) is 6.47. The molecule has 68 valence electrons.